The number of carboxylic acid groups (broad SMARTS) is 1. The molecule has 0 bridgehead atoms. The van der Waals surface area contributed by atoms with Gasteiger partial charge in [-0.25, -0.2) is 9.78 Å². The van der Waals surface area contributed by atoms with Gasteiger partial charge in [-0.1, -0.05) is 0 Å². The molecule has 2 atom stereocenters. The first-order valence-electron chi connectivity index (χ1n) is 5.57. The van der Waals surface area contributed by atoms with E-state index in [4.69, 9.17) is 5.11 Å². The topological polar surface area (TPSA) is 96.4 Å². The van der Waals surface area contributed by atoms with E-state index in [1.807, 2.05) is 13.8 Å². The number of nitrogens with one attached hydrogen (secondary N) is 1. The van der Waals surface area contributed by atoms with Crippen LogP contribution in [0.3, 0.4) is 0 Å². The molecule has 1 aromatic rings. The Labute approximate surface area is 117 Å². The summed E-state index contributed by atoms with van der Waals surface area (Å²) in [6, 6.07) is -1.12. The minimum Gasteiger partial charge on any atom is -0.480 e. The first kappa shape index (κ1) is 15.8. The summed E-state index contributed by atoms with van der Waals surface area (Å²) in [7, 11) is -1.38. The van der Waals surface area contributed by atoms with Gasteiger partial charge in [0.05, 0.1) is 17.2 Å². The van der Waals surface area contributed by atoms with Gasteiger partial charge in [0, 0.05) is 22.6 Å². The Hall–Kier alpha value is -1.28. The number of amides is 1. The maximum absolute atomic E-state index is 11.9. The average molecular weight is 304 g/mol. The zero-order valence-electron chi connectivity index (χ0n) is 10.9. The number of carbonyl (C=O) groups is 2. The minimum absolute atomic E-state index is 0.118. The number of nitrogens with zero attached hydrogens (tertiary/aromatic N) is 1. The lowest BCUT2D eigenvalue weighted by Crippen LogP contribution is -2.43. The molecular formula is C11H16N2O4S2. The Kier molecular flexibility index (Phi) is 5.61. The highest BCUT2D eigenvalue weighted by Crippen LogP contribution is 2.18. The van der Waals surface area contributed by atoms with Crippen LogP contribution in [-0.2, 0) is 26.1 Å². The van der Waals surface area contributed by atoms with Crippen LogP contribution in [0, 0.1) is 13.8 Å². The maximum atomic E-state index is 11.9. The summed E-state index contributed by atoms with van der Waals surface area (Å²) in [5.41, 5.74) is 0.897. The molecule has 1 heterocycles. The lowest BCUT2D eigenvalue weighted by atomic mass is 10.3. The summed E-state index contributed by atoms with van der Waals surface area (Å²) in [5, 5.41) is 11.9. The number of hydrogen-bond donors (Lipinski definition) is 2. The Balaban J connectivity index is 2.62. The van der Waals surface area contributed by atoms with Crippen LogP contribution >= 0.6 is 11.3 Å². The summed E-state index contributed by atoms with van der Waals surface area (Å²) < 4.78 is 11.9. The van der Waals surface area contributed by atoms with Gasteiger partial charge < -0.3 is 10.4 Å². The molecule has 106 valence electrons. The molecule has 19 heavy (non-hydrogen) atoms. The summed E-state index contributed by atoms with van der Waals surface area (Å²) in [5.74, 6) is -1.55. The van der Waals surface area contributed by atoms with Crippen molar-refractivity contribution in [3.8, 4) is 0 Å². The molecule has 6 nitrogen and oxygen atoms in total. The van der Waals surface area contributed by atoms with Gasteiger partial charge in [0.1, 0.15) is 11.0 Å². The molecule has 2 N–H and O–H groups in total. The molecular weight excluding hydrogens is 288 g/mol. The number of rotatable bonds is 6. The highest BCUT2D eigenvalue weighted by Gasteiger charge is 2.22. The highest BCUT2D eigenvalue weighted by molar-refractivity contribution is 7.84. The number of aromatic nitrogens is 1. The number of aryl methyl sites for hydroxylation is 2. The van der Waals surface area contributed by atoms with Gasteiger partial charge in [-0.3, -0.25) is 9.00 Å². The van der Waals surface area contributed by atoms with Crippen molar-refractivity contribution < 1.29 is 18.9 Å². The molecule has 0 saturated carbocycles. The molecule has 0 radical (unpaired) electrons. The Morgan fingerprint density at radius 1 is 1.47 bits per heavy atom. The lowest BCUT2D eigenvalue weighted by Gasteiger charge is -2.12. The fourth-order valence-corrected chi connectivity index (χ4v) is 3.82. The van der Waals surface area contributed by atoms with Crippen molar-refractivity contribution in [2.24, 2.45) is 0 Å². The molecule has 0 aromatic carbocycles. The van der Waals surface area contributed by atoms with E-state index < -0.39 is 28.7 Å². The molecule has 0 saturated heterocycles. The quantitative estimate of drug-likeness (QED) is 0.802. The fourth-order valence-electron chi connectivity index (χ4n) is 1.40. The van der Waals surface area contributed by atoms with Crippen molar-refractivity contribution in [2.75, 3.05) is 5.75 Å². The second-order valence-corrected chi connectivity index (χ2v) is 6.88. The predicted octanol–water partition coefficient (Wildman–Crippen LogP) is 0.598. The van der Waals surface area contributed by atoms with Crippen LogP contribution in [0.15, 0.2) is 0 Å². The normalized spacial score (nSPS) is 13.8. The largest absolute Gasteiger partial charge is 0.480 e. The van der Waals surface area contributed by atoms with E-state index in [-0.39, 0.29) is 11.5 Å². The van der Waals surface area contributed by atoms with Crippen molar-refractivity contribution in [2.45, 2.75) is 32.6 Å². The zero-order chi connectivity index (χ0) is 14.6. The van der Waals surface area contributed by atoms with Crippen LogP contribution in [-0.4, -0.2) is 38.0 Å². The molecule has 0 aliphatic carbocycles. The number of aliphatic carboxylic acids is 1. The first-order valence-corrected chi connectivity index (χ1v) is 7.88. The summed E-state index contributed by atoms with van der Waals surface area (Å²) >= 11 is 1.45. The Bertz CT molecular complexity index is 493. The van der Waals surface area contributed by atoms with Crippen LogP contribution in [0.1, 0.15) is 22.5 Å². The third-order valence-electron chi connectivity index (χ3n) is 2.39. The van der Waals surface area contributed by atoms with Crippen LogP contribution in [0.25, 0.3) is 0 Å². The minimum atomic E-state index is -1.38. The number of carbonyl (C=O) groups excluding carboxylic acids is 1. The molecule has 0 aliphatic heterocycles. The molecule has 1 aromatic heterocycles. The summed E-state index contributed by atoms with van der Waals surface area (Å²) in [6.45, 7) is 5.03. The fraction of sp³-hybridized carbons (Fsp3) is 0.545. The van der Waals surface area contributed by atoms with E-state index in [1.165, 1.54) is 18.3 Å². The van der Waals surface area contributed by atoms with Gasteiger partial charge in [0.2, 0.25) is 5.91 Å². The standard InChI is InChI=1S/C11H16N2O4S2/c1-6-7(2)18-10(12-6)5-19(17)4-9(11(15)16)13-8(3)14/h9H,4-5H2,1-3H3,(H,13,14)(H,15,16). The lowest BCUT2D eigenvalue weighted by molar-refractivity contribution is -0.140. The third-order valence-corrected chi connectivity index (χ3v) is 4.94. The molecule has 0 fully saturated rings. The molecule has 8 heteroatoms. The molecule has 0 aliphatic rings. The molecule has 0 spiro atoms. The van der Waals surface area contributed by atoms with Crippen molar-refractivity contribution in [1.82, 2.24) is 10.3 Å². The Morgan fingerprint density at radius 3 is 2.53 bits per heavy atom. The van der Waals surface area contributed by atoms with E-state index in [2.05, 4.69) is 10.3 Å². The van der Waals surface area contributed by atoms with Gasteiger partial charge in [0.15, 0.2) is 0 Å². The SMILES string of the molecule is CC(=O)NC(CS(=O)Cc1nc(C)c(C)s1)C(=O)O. The first-order chi connectivity index (χ1) is 8.79. The summed E-state index contributed by atoms with van der Waals surface area (Å²) in [4.78, 5) is 27.1. The number of thiazole rings is 1. The van der Waals surface area contributed by atoms with Crippen LogP contribution in [0.2, 0.25) is 0 Å². The van der Waals surface area contributed by atoms with Gasteiger partial charge in [0.25, 0.3) is 0 Å². The molecule has 1 amide bonds. The average Bonchev–Trinajstić information content (AvgIpc) is 2.55. The van der Waals surface area contributed by atoms with Gasteiger partial charge in [-0.2, -0.15) is 0 Å². The monoisotopic (exact) mass is 304 g/mol. The molecule has 2 unspecified atom stereocenters. The summed E-state index contributed by atoms with van der Waals surface area (Å²) in [6.07, 6.45) is 0. The van der Waals surface area contributed by atoms with Crippen molar-refractivity contribution in [3.63, 3.8) is 0 Å². The van der Waals surface area contributed by atoms with Crippen molar-refractivity contribution in [1.29, 1.82) is 0 Å². The third kappa shape index (κ3) is 5.07. The van der Waals surface area contributed by atoms with Crippen LogP contribution in [0.5, 0.6) is 0 Å². The van der Waals surface area contributed by atoms with Gasteiger partial charge >= 0.3 is 5.97 Å². The predicted molar refractivity (Wildman–Crippen MR) is 73.5 cm³/mol. The number of hydrogen-bond acceptors (Lipinski definition) is 5. The van der Waals surface area contributed by atoms with Crippen LogP contribution < -0.4 is 5.32 Å². The van der Waals surface area contributed by atoms with E-state index in [1.54, 1.807) is 0 Å². The van der Waals surface area contributed by atoms with E-state index in [0.29, 0.717) is 0 Å². The van der Waals surface area contributed by atoms with Crippen LogP contribution in [0.4, 0.5) is 0 Å². The maximum Gasteiger partial charge on any atom is 0.327 e. The molecule has 1 rings (SSSR count). The van der Waals surface area contributed by atoms with E-state index >= 15 is 0 Å². The van der Waals surface area contributed by atoms with E-state index in [0.717, 1.165) is 15.6 Å². The number of carboxylic acids is 1. The smallest absolute Gasteiger partial charge is 0.327 e. The van der Waals surface area contributed by atoms with E-state index in [9.17, 15) is 13.8 Å². The highest BCUT2D eigenvalue weighted by atomic mass is 32.2. The van der Waals surface area contributed by atoms with Gasteiger partial charge in [-0.15, -0.1) is 11.3 Å². The second-order valence-electron chi connectivity index (χ2n) is 4.09. The Morgan fingerprint density at radius 2 is 2.11 bits per heavy atom. The van der Waals surface area contributed by atoms with Crippen molar-refractivity contribution >= 4 is 34.0 Å². The zero-order valence-corrected chi connectivity index (χ0v) is 12.6. The van der Waals surface area contributed by atoms with Gasteiger partial charge in [-0.05, 0) is 13.8 Å². The van der Waals surface area contributed by atoms with Crippen molar-refractivity contribution in [3.05, 3.63) is 15.6 Å². The second kappa shape index (κ2) is 6.76.